The third-order valence-corrected chi connectivity index (χ3v) is 3.77. The monoisotopic (exact) mass is 285 g/mol. The molecular formula is C14H17ClFNO2. The van der Waals surface area contributed by atoms with Gasteiger partial charge < -0.3 is 4.74 Å². The van der Waals surface area contributed by atoms with Crippen LogP contribution in [0.5, 0.6) is 0 Å². The van der Waals surface area contributed by atoms with Gasteiger partial charge in [-0.05, 0) is 32.0 Å². The normalized spacial score (nSPS) is 17.5. The zero-order valence-corrected chi connectivity index (χ0v) is 11.8. The van der Waals surface area contributed by atoms with Gasteiger partial charge in [0, 0.05) is 18.1 Å². The van der Waals surface area contributed by atoms with Crippen molar-refractivity contribution >= 4 is 17.4 Å². The molecule has 1 heterocycles. The SMILES string of the molecule is CC(C)(C(=O)c1ccc(Cl)cc1F)N1CCOCC1. The summed E-state index contributed by atoms with van der Waals surface area (Å²) in [6.45, 7) is 6.17. The van der Waals surface area contributed by atoms with E-state index >= 15 is 0 Å². The average molecular weight is 286 g/mol. The molecule has 0 unspecified atom stereocenters. The fraction of sp³-hybridized carbons (Fsp3) is 0.500. The van der Waals surface area contributed by atoms with E-state index in [2.05, 4.69) is 0 Å². The molecule has 0 aliphatic carbocycles. The van der Waals surface area contributed by atoms with E-state index in [0.29, 0.717) is 31.3 Å². The molecule has 1 fully saturated rings. The lowest BCUT2D eigenvalue weighted by Gasteiger charge is -2.39. The predicted molar refractivity (Wildman–Crippen MR) is 72.2 cm³/mol. The van der Waals surface area contributed by atoms with Gasteiger partial charge in [0.05, 0.1) is 24.3 Å². The number of hydrogen-bond acceptors (Lipinski definition) is 3. The third-order valence-electron chi connectivity index (χ3n) is 3.53. The van der Waals surface area contributed by atoms with E-state index in [4.69, 9.17) is 16.3 Å². The van der Waals surface area contributed by atoms with Crippen LogP contribution < -0.4 is 0 Å². The topological polar surface area (TPSA) is 29.5 Å². The van der Waals surface area contributed by atoms with E-state index in [-0.39, 0.29) is 11.3 Å². The number of halogens is 2. The molecule has 1 aromatic rings. The summed E-state index contributed by atoms with van der Waals surface area (Å²) in [7, 11) is 0. The van der Waals surface area contributed by atoms with Gasteiger partial charge >= 0.3 is 0 Å². The number of Topliss-reactive ketones (excluding diaryl/α,β-unsaturated/α-hetero) is 1. The van der Waals surface area contributed by atoms with Crippen molar-refractivity contribution in [2.45, 2.75) is 19.4 Å². The summed E-state index contributed by atoms with van der Waals surface area (Å²) in [6.07, 6.45) is 0. The second-order valence-corrected chi connectivity index (χ2v) is 5.55. The van der Waals surface area contributed by atoms with E-state index in [0.717, 1.165) is 0 Å². The van der Waals surface area contributed by atoms with Crippen molar-refractivity contribution in [1.82, 2.24) is 4.90 Å². The molecule has 1 aliphatic heterocycles. The first-order valence-corrected chi connectivity index (χ1v) is 6.63. The Balaban J connectivity index is 2.26. The van der Waals surface area contributed by atoms with Gasteiger partial charge in [0.2, 0.25) is 0 Å². The highest BCUT2D eigenvalue weighted by molar-refractivity contribution is 6.30. The minimum absolute atomic E-state index is 0.0842. The molecule has 5 heteroatoms. The van der Waals surface area contributed by atoms with Gasteiger partial charge in [0.25, 0.3) is 0 Å². The predicted octanol–water partition coefficient (Wildman–Crippen LogP) is 2.77. The summed E-state index contributed by atoms with van der Waals surface area (Å²) in [6, 6.07) is 4.15. The Morgan fingerprint density at radius 1 is 1.37 bits per heavy atom. The molecule has 2 rings (SSSR count). The second kappa shape index (κ2) is 5.57. The Morgan fingerprint density at radius 2 is 2.00 bits per heavy atom. The first-order chi connectivity index (χ1) is 8.93. The highest BCUT2D eigenvalue weighted by atomic mass is 35.5. The van der Waals surface area contributed by atoms with Crippen LogP contribution in [0.15, 0.2) is 18.2 Å². The van der Waals surface area contributed by atoms with Crippen molar-refractivity contribution in [2.24, 2.45) is 0 Å². The average Bonchev–Trinajstić information content (AvgIpc) is 2.39. The van der Waals surface area contributed by atoms with E-state index < -0.39 is 11.4 Å². The van der Waals surface area contributed by atoms with Gasteiger partial charge in [-0.3, -0.25) is 9.69 Å². The van der Waals surface area contributed by atoms with Gasteiger partial charge in [-0.1, -0.05) is 11.6 Å². The van der Waals surface area contributed by atoms with Gasteiger partial charge in [-0.25, -0.2) is 4.39 Å². The van der Waals surface area contributed by atoms with Crippen LogP contribution in [0.1, 0.15) is 24.2 Å². The zero-order valence-electron chi connectivity index (χ0n) is 11.1. The fourth-order valence-electron chi connectivity index (χ4n) is 2.27. The highest BCUT2D eigenvalue weighted by Crippen LogP contribution is 2.24. The highest BCUT2D eigenvalue weighted by Gasteiger charge is 2.37. The molecule has 1 aromatic carbocycles. The van der Waals surface area contributed by atoms with Crippen LogP contribution in [0, 0.1) is 5.82 Å². The Kier molecular flexibility index (Phi) is 4.23. The lowest BCUT2D eigenvalue weighted by molar-refractivity contribution is -0.00443. The van der Waals surface area contributed by atoms with E-state index in [9.17, 15) is 9.18 Å². The number of benzene rings is 1. The summed E-state index contributed by atoms with van der Waals surface area (Å²) in [5.74, 6) is -0.803. The van der Waals surface area contributed by atoms with Crippen molar-refractivity contribution in [2.75, 3.05) is 26.3 Å². The lowest BCUT2D eigenvalue weighted by Crippen LogP contribution is -2.54. The van der Waals surface area contributed by atoms with Gasteiger partial charge in [0.1, 0.15) is 5.82 Å². The number of morpholine rings is 1. The van der Waals surface area contributed by atoms with Crippen LogP contribution in [-0.2, 0) is 4.74 Å². The summed E-state index contributed by atoms with van der Waals surface area (Å²) in [4.78, 5) is 14.6. The summed E-state index contributed by atoms with van der Waals surface area (Å²) in [5.41, 5.74) is -0.667. The van der Waals surface area contributed by atoms with Crippen LogP contribution >= 0.6 is 11.6 Å². The number of rotatable bonds is 3. The maximum Gasteiger partial charge on any atom is 0.185 e. The van der Waals surface area contributed by atoms with Gasteiger partial charge in [0.15, 0.2) is 5.78 Å². The smallest absolute Gasteiger partial charge is 0.185 e. The molecule has 19 heavy (non-hydrogen) atoms. The van der Waals surface area contributed by atoms with Crippen LogP contribution in [0.25, 0.3) is 0 Å². The quantitative estimate of drug-likeness (QED) is 0.800. The number of ether oxygens (including phenoxy) is 1. The number of nitrogens with zero attached hydrogens (tertiary/aromatic N) is 1. The minimum atomic E-state index is -0.752. The lowest BCUT2D eigenvalue weighted by atomic mass is 9.90. The van der Waals surface area contributed by atoms with Crippen LogP contribution in [0.2, 0.25) is 5.02 Å². The molecule has 0 atom stereocenters. The van der Waals surface area contributed by atoms with Crippen molar-refractivity contribution in [1.29, 1.82) is 0 Å². The van der Waals surface area contributed by atoms with Gasteiger partial charge in [-0.2, -0.15) is 0 Å². The molecule has 0 bridgehead atoms. The molecule has 0 radical (unpaired) electrons. The molecule has 3 nitrogen and oxygen atoms in total. The van der Waals surface area contributed by atoms with Crippen molar-refractivity contribution in [3.8, 4) is 0 Å². The van der Waals surface area contributed by atoms with Crippen LogP contribution in [0.4, 0.5) is 4.39 Å². The maximum atomic E-state index is 13.8. The number of ketones is 1. The van der Waals surface area contributed by atoms with E-state index in [1.54, 1.807) is 0 Å². The van der Waals surface area contributed by atoms with Gasteiger partial charge in [-0.15, -0.1) is 0 Å². The van der Waals surface area contributed by atoms with Crippen molar-refractivity contribution in [3.63, 3.8) is 0 Å². The minimum Gasteiger partial charge on any atom is -0.379 e. The maximum absolute atomic E-state index is 13.8. The molecule has 104 valence electrons. The fourth-order valence-corrected chi connectivity index (χ4v) is 2.43. The summed E-state index contributed by atoms with van der Waals surface area (Å²) < 4.78 is 19.1. The summed E-state index contributed by atoms with van der Waals surface area (Å²) in [5, 5.41) is 0.290. The molecule has 0 N–H and O–H groups in total. The molecule has 0 spiro atoms. The molecule has 1 saturated heterocycles. The molecular weight excluding hydrogens is 269 g/mol. The first-order valence-electron chi connectivity index (χ1n) is 6.25. The standard InChI is InChI=1S/C14H17ClFNO2/c1-14(2,17-5-7-19-8-6-17)13(18)11-4-3-10(15)9-12(11)16/h3-4,9H,5-8H2,1-2H3. The Labute approximate surface area is 117 Å². The molecule has 0 amide bonds. The Hall–Kier alpha value is -0.970. The van der Waals surface area contributed by atoms with E-state index in [1.165, 1.54) is 18.2 Å². The second-order valence-electron chi connectivity index (χ2n) is 5.11. The third kappa shape index (κ3) is 2.96. The zero-order chi connectivity index (χ0) is 14.0. The Bertz CT molecular complexity index is 484. The first kappa shape index (κ1) is 14.4. The number of carbonyl (C=O) groups is 1. The molecule has 1 aliphatic rings. The van der Waals surface area contributed by atoms with Crippen LogP contribution in [-0.4, -0.2) is 42.5 Å². The van der Waals surface area contributed by atoms with Crippen molar-refractivity contribution in [3.05, 3.63) is 34.6 Å². The number of carbonyl (C=O) groups excluding carboxylic acids is 1. The van der Waals surface area contributed by atoms with Crippen LogP contribution in [0.3, 0.4) is 0 Å². The Morgan fingerprint density at radius 3 is 2.58 bits per heavy atom. The van der Waals surface area contributed by atoms with E-state index in [1.807, 2.05) is 18.7 Å². The number of hydrogen-bond donors (Lipinski definition) is 0. The summed E-state index contributed by atoms with van der Waals surface area (Å²) >= 11 is 5.71. The largest absolute Gasteiger partial charge is 0.379 e. The van der Waals surface area contributed by atoms with Crippen molar-refractivity contribution < 1.29 is 13.9 Å². The molecule has 0 aromatic heterocycles. The molecule has 0 saturated carbocycles.